The smallest absolute Gasteiger partial charge is 0.308 e. The van der Waals surface area contributed by atoms with Crippen molar-refractivity contribution in [1.82, 2.24) is 0 Å². The molecule has 0 spiro atoms. The summed E-state index contributed by atoms with van der Waals surface area (Å²) in [6.45, 7) is 5.94. The summed E-state index contributed by atoms with van der Waals surface area (Å²) in [5, 5.41) is -0.434. The van der Waals surface area contributed by atoms with Crippen LogP contribution in [0.5, 0.6) is 0 Å². The van der Waals surface area contributed by atoms with Crippen LogP contribution in [0.15, 0.2) is 29.2 Å². The molecule has 4 nitrogen and oxygen atoms in total. The number of carbonyl (C=O) groups is 1. The maximum absolute atomic E-state index is 13.2. The van der Waals surface area contributed by atoms with Gasteiger partial charge >= 0.3 is 5.97 Å². The van der Waals surface area contributed by atoms with Crippen LogP contribution in [0.4, 0.5) is 0 Å². The number of benzene rings is 1. The third-order valence-corrected chi connectivity index (χ3v) is 7.65. The minimum atomic E-state index is -3.39. The Hall–Kier alpha value is -1.36. The lowest BCUT2D eigenvalue weighted by molar-refractivity contribution is -0.149. The van der Waals surface area contributed by atoms with Crippen LogP contribution in [0.25, 0.3) is 0 Å². The first-order chi connectivity index (χ1) is 11.4. The van der Waals surface area contributed by atoms with Crippen molar-refractivity contribution >= 4 is 15.8 Å². The molecule has 0 amide bonds. The van der Waals surface area contributed by atoms with E-state index in [4.69, 9.17) is 4.74 Å². The molecule has 1 aliphatic carbocycles. The third kappa shape index (κ3) is 4.00. The molecule has 0 N–H and O–H groups in total. The van der Waals surface area contributed by atoms with E-state index in [0.717, 1.165) is 24.8 Å². The predicted molar refractivity (Wildman–Crippen MR) is 94.5 cm³/mol. The van der Waals surface area contributed by atoms with Gasteiger partial charge in [-0.2, -0.15) is 0 Å². The molecule has 24 heavy (non-hydrogen) atoms. The second kappa shape index (κ2) is 8.15. The summed E-state index contributed by atoms with van der Waals surface area (Å²) in [6, 6.07) is 7.16. The molecule has 5 heteroatoms. The van der Waals surface area contributed by atoms with Crippen LogP contribution in [0.3, 0.4) is 0 Å². The molecular weight excluding hydrogens is 324 g/mol. The van der Waals surface area contributed by atoms with Gasteiger partial charge in [0.2, 0.25) is 0 Å². The van der Waals surface area contributed by atoms with E-state index < -0.39 is 15.1 Å². The van der Waals surface area contributed by atoms with Crippen molar-refractivity contribution in [3.8, 4) is 0 Å². The number of esters is 1. The van der Waals surface area contributed by atoms with Crippen molar-refractivity contribution in [2.75, 3.05) is 6.61 Å². The van der Waals surface area contributed by atoms with E-state index in [2.05, 4.69) is 0 Å². The minimum Gasteiger partial charge on any atom is -0.466 e. The Morgan fingerprint density at radius 2 is 1.96 bits per heavy atom. The molecule has 1 aliphatic rings. The summed E-state index contributed by atoms with van der Waals surface area (Å²) < 4.78 is 31.5. The quantitative estimate of drug-likeness (QED) is 0.728. The lowest BCUT2D eigenvalue weighted by Crippen LogP contribution is -2.35. The molecule has 3 atom stereocenters. The van der Waals surface area contributed by atoms with Gasteiger partial charge in [0.05, 0.1) is 22.7 Å². The largest absolute Gasteiger partial charge is 0.466 e. The molecular formula is C19H28O4S. The summed E-state index contributed by atoms with van der Waals surface area (Å²) in [5.74, 6) is -0.321. The number of rotatable bonds is 6. The first kappa shape index (κ1) is 19.0. The molecule has 0 bridgehead atoms. The monoisotopic (exact) mass is 352 g/mol. The number of sulfone groups is 1. The van der Waals surface area contributed by atoms with E-state index in [1.54, 1.807) is 19.1 Å². The maximum atomic E-state index is 13.2. The third-order valence-electron chi connectivity index (χ3n) is 5.06. The van der Waals surface area contributed by atoms with E-state index in [1.807, 2.05) is 26.0 Å². The summed E-state index contributed by atoms with van der Waals surface area (Å²) in [7, 11) is -3.39. The molecule has 0 radical (unpaired) electrons. The second-order valence-corrected chi connectivity index (χ2v) is 8.77. The van der Waals surface area contributed by atoms with Gasteiger partial charge in [0, 0.05) is 0 Å². The zero-order valence-electron chi connectivity index (χ0n) is 14.8. The number of aryl methyl sites for hydroxylation is 1. The first-order valence-electron chi connectivity index (χ1n) is 8.87. The summed E-state index contributed by atoms with van der Waals surface area (Å²) in [4.78, 5) is 12.5. The van der Waals surface area contributed by atoms with Crippen LogP contribution < -0.4 is 0 Å². The van der Waals surface area contributed by atoms with Gasteiger partial charge in [-0.1, -0.05) is 31.5 Å². The number of hydrogen-bond donors (Lipinski definition) is 0. The molecule has 0 saturated heterocycles. The molecule has 1 fully saturated rings. The molecule has 1 aromatic rings. The van der Waals surface area contributed by atoms with Gasteiger partial charge in [0.1, 0.15) is 0 Å². The van der Waals surface area contributed by atoms with Gasteiger partial charge in [-0.15, -0.1) is 0 Å². The van der Waals surface area contributed by atoms with E-state index in [-0.39, 0.29) is 17.8 Å². The highest BCUT2D eigenvalue weighted by Gasteiger charge is 2.38. The van der Waals surface area contributed by atoms with Gasteiger partial charge in [-0.25, -0.2) is 8.42 Å². The Morgan fingerprint density at radius 1 is 1.25 bits per heavy atom. The molecule has 2 rings (SSSR count). The fraction of sp³-hybridized carbons (Fsp3) is 0.632. The van der Waals surface area contributed by atoms with Gasteiger partial charge in [-0.3, -0.25) is 4.79 Å². The molecule has 0 aliphatic heterocycles. The van der Waals surface area contributed by atoms with Gasteiger partial charge in [0.15, 0.2) is 9.84 Å². The number of hydrogen-bond acceptors (Lipinski definition) is 4. The fourth-order valence-electron chi connectivity index (χ4n) is 3.88. The zero-order chi connectivity index (χ0) is 17.7. The van der Waals surface area contributed by atoms with Crippen molar-refractivity contribution in [2.45, 2.75) is 63.0 Å². The number of carbonyl (C=O) groups excluding carboxylic acids is 1. The SMILES string of the molecule is CCOC(=O)[C@H]1CCC[C@@H](C(CC)S(=O)(=O)c2ccccc2C)C1. The average molecular weight is 352 g/mol. The van der Waals surface area contributed by atoms with Crippen LogP contribution >= 0.6 is 0 Å². The van der Waals surface area contributed by atoms with Crippen molar-refractivity contribution in [3.63, 3.8) is 0 Å². The van der Waals surface area contributed by atoms with E-state index in [9.17, 15) is 13.2 Å². The van der Waals surface area contributed by atoms with Gasteiger partial charge < -0.3 is 4.74 Å². The van der Waals surface area contributed by atoms with Crippen LogP contribution in [0, 0.1) is 18.8 Å². The Morgan fingerprint density at radius 3 is 2.58 bits per heavy atom. The lowest BCUT2D eigenvalue weighted by Gasteiger charge is -2.33. The van der Waals surface area contributed by atoms with Gasteiger partial charge in [0.25, 0.3) is 0 Å². The number of ether oxygens (including phenoxy) is 1. The van der Waals surface area contributed by atoms with Crippen LogP contribution in [0.2, 0.25) is 0 Å². The van der Waals surface area contributed by atoms with E-state index >= 15 is 0 Å². The Bertz CT molecular complexity index is 666. The standard InChI is InChI=1S/C19H28O4S/c1-4-17(24(21,22)18-12-7-6-9-14(18)3)15-10-8-11-16(13-15)19(20)23-5-2/h6-7,9,12,15-17H,4-5,8,10-11,13H2,1-3H3/t15-,16+,17?/m1/s1. The van der Waals surface area contributed by atoms with Crippen molar-refractivity contribution in [2.24, 2.45) is 11.8 Å². The summed E-state index contributed by atoms with van der Waals surface area (Å²) in [5.41, 5.74) is 0.786. The summed E-state index contributed by atoms with van der Waals surface area (Å²) in [6.07, 6.45) is 3.73. The molecule has 134 valence electrons. The second-order valence-electron chi connectivity index (χ2n) is 6.63. The van der Waals surface area contributed by atoms with Crippen molar-refractivity contribution < 1.29 is 17.9 Å². The maximum Gasteiger partial charge on any atom is 0.308 e. The van der Waals surface area contributed by atoms with Crippen molar-refractivity contribution in [1.29, 1.82) is 0 Å². The average Bonchev–Trinajstić information content (AvgIpc) is 2.56. The minimum absolute atomic E-state index is 0.0164. The fourth-order valence-corrected chi connectivity index (χ4v) is 6.19. The molecule has 0 aromatic heterocycles. The van der Waals surface area contributed by atoms with Crippen LogP contribution in [0.1, 0.15) is 51.5 Å². The molecule has 1 unspecified atom stereocenters. The molecule has 1 saturated carbocycles. The van der Waals surface area contributed by atoms with E-state index in [0.29, 0.717) is 24.3 Å². The highest BCUT2D eigenvalue weighted by atomic mass is 32.2. The lowest BCUT2D eigenvalue weighted by atomic mass is 9.79. The Kier molecular flexibility index (Phi) is 6.44. The molecule has 1 aromatic carbocycles. The Balaban J connectivity index is 2.24. The first-order valence-corrected chi connectivity index (χ1v) is 10.4. The highest BCUT2D eigenvalue weighted by molar-refractivity contribution is 7.92. The van der Waals surface area contributed by atoms with E-state index in [1.165, 1.54) is 0 Å². The Labute approximate surface area is 145 Å². The highest BCUT2D eigenvalue weighted by Crippen LogP contribution is 2.37. The van der Waals surface area contributed by atoms with Gasteiger partial charge in [-0.05, 0) is 57.1 Å². The zero-order valence-corrected chi connectivity index (χ0v) is 15.6. The van der Waals surface area contributed by atoms with Crippen LogP contribution in [-0.2, 0) is 19.4 Å². The van der Waals surface area contributed by atoms with Crippen LogP contribution in [-0.4, -0.2) is 26.2 Å². The summed E-state index contributed by atoms with van der Waals surface area (Å²) >= 11 is 0. The molecule has 0 heterocycles. The normalized spacial score (nSPS) is 22.8. The topological polar surface area (TPSA) is 60.4 Å². The predicted octanol–water partition coefficient (Wildman–Crippen LogP) is 3.92. The van der Waals surface area contributed by atoms with Crippen molar-refractivity contribution in [3.05, 3.63) is 29.8 Å².